The molecule has 5 heteroatoms. The zero-order valence-corrected chi connectivity index (χ0v) is 11.4. The lowest BCUT2D eigenvalue weighted by molar-refractivity contribution is 0.231. The Bertz CT molecular complexity index is 488. The first kappa shape index (κ1) is 15.3. The van der Waals surface area contributed by atoms with E-state index < -0.39 is 5.43 Å². The first-order valence-corrected chi connectivity index (χ1v) is 6.43. The van der Waals surface area contributed by atoms with E-state index in [4.69, 9.17) is 14.8 Å². The number of rotatable bonds is 7. The Labute approximate surface area is 113 Å². The fourth-order valence-electron chi connectivity index (χ4n) is 1.67. The zero-order valence-electron chi connectivity index (χ0n) is 11.4. The van der Waals surface area contributed by atoms with Crippen LogP contribution in [0.1, 0.15) is 32.4 Å². The van der Waals surface area contributed by atoms with E-state index in [0.717, 1.165) is 19.2 Å². The normalized spacial score (nSPS) is 10.9. The summed E-state index contributed by atoms with van der Waals surface area (Å²) in [5.74, 6) is 0.704. The van der Waals surface area contributed by atoms with E-state index in [1.165, 1.54) is 6.07 Å². The number of hydrogen-bond acceptors (Lipinski definition) is 5. The highest BCUT2D eigenvalue weighted by Gasteiger charge is 2.10. The molecule has 0 atom stereocenters. The zero-order chi connectivity index (χ0) is 14.3. The predicted octanol–water partition coefficient (Wildman–Crippen LogP) is 2.11. The van der Waals surface area contributed by atoms with Gasteiger partial charge in [-0.1, -0.05) is 13.8 Å². The van der Waals surface area contributed by atoms with Crippen LogP contribution in [0.25, 0.3) is 0 Å². The van der Waals surface area contributed by atoms with Gasteiger partial charge in [0.2, 0.25) is 5.43 Å². The second-order valence-electron chi connectivity index (χ2n) is 4.96. The van der Waals surface area contributed by atoms with E-state index in [1.807, 2.05) is 0 Å². The molecule has 1 rings (SSSR count). The fourth-order valence-corrected chi connectivity index (χ4v) is 1.67. The molecule has 0 unspecified atom stereocenters. The molecule has 0 radical (unpaired) electrons. The number of hydrogen-bond donors (Lipinski definition) is 1. The van der Waals surface area contributed by atoms with Crippen LogP contribution in [0, 0.1) is 17.2 Å². The van der Waals surface area contributed by atoms with E-state index in [-0.39, 0.29) is 5.75 Å². The lowest BCUT2D eigenvalue weighted by atomic mass is 10.1. The van der Waals surface area contributed by atoms with Crippen LogP contribution >= 0.6 is 0 Å². The van der Waals surface area contributed by atoms with Crippen molar-refractivity contribution in [3.05, 3.63) is 28.3 Å². The van der Waals surface area contributed by atoms with Crippen LogP contribution in [0.3, 0.4) is 0 Å². The number of nitriles is 1. The van der Waals surface area contributed by atoms with Crippen molar-refractivity contribution >= 4 is 0 Å². The molecule has 1 aromatic rings. The summed E-state index contributed by atoms with van der Waals surface area (Å²) in [6, 6.07) is 3.41. The highest BCUT2D eigenvalue weighted by atomic mass is 16.4. The van der Waals surface area contributed by atoms with Gasteiger partial charge in [0.1, 0.15) is 12.0 Å². The first-order chi connectivity index (χ1) is 9.02. The maximum Gasteiger partial charge on any atom is 0.226 e. The third-order valence-electron chi connectivity index (χ3n) is 2.81. The average Bonchev–Trinajstić information content (AvgIpc) is 2.37. The molecule has 0 aliphatic heterocycles. The first-order valence-electron chi connectivity index (χ1n) is 6.43. The van der Waals surface area contributed by atoms with Crippen molar-refractivity contribution in [3.63, 3.8) is 0 Å². The molecule has 0 saturated heterocycles. The van der Waals surface area contributed by atoms with E-state index in [9.17, 15) is 4.79 Å². The second kappa shape index (κ2) is 7.59. The van der Waals surface area contributed by atoms with Gasteiger partial charge in [-0.25, -0.2) is 0 Å². The summed E-state index contributed by atoms with van der Waals surface area (Å²) in [4.78, 5) is 13.4. The van der Waals surface area contributed by atoms with Gasteiger partial charge in [0, 0.05) is 19.0 Å². The van der Waals surface area contributed by atoms with Crippen molar-refractivity contribution in [2.45, 2.75) is 33.2 Å². The summed E-state index contributed by atoms with van der Waals surface area (Å²) in [5, 5.41) is 17.8. The smallest absolute Gasteiger partial charge is 0.226 e. The molecule has 19 heavy (non-hydrogen) atoms. The molecule has 0 aliphatic carbocycles. The molecule has 1 N–H and O–H groups in total. The maximum atomic E-state index is 11.3. The Hall–Kier alpha value is -1.80. The van der Waals surface area contributed by atoms with Gasteiger partial charge in [-0.05, 0) is 18.9 Å². The van der Waals surface area contributed by atoms with E-state index in [1.54, 1.807) is 0 Å². The Morgan fingerprint density at radius 2 is 2.21 bits per heavy atom. The molecule has 0 saturated carbocycles. The molecule has 0 aliphatic rings. The van der Waals surface area contributed by atoms with Gasteiger partial charge in [-0.2, -0.15) is 5.26 Å². The largest absolute Gasteiger partial charge is 0.502 e. The fraction of sp³-hybridized carbons (Fsp3) is 0.571. The van der Waals surface area contributed by atoms with Crippen molar-refractivity contribution in [1.82, 2.24) is 4.90 Å². The molecular formula is C14H20N2O3. The Balaban J connectivity index is 2.67. The lowest BCUT2D eigenvalue weighted by Crippen LogP contribution is -2.26. The van der Waals surface area contributed by atoms with Crippen LogP contribution in [0.2, 0.25) is 0 Å². The van der Waals surface area contributed by atoms with Crippen molar-refractivity contribution < 1.29 is 9.52 Å². The maximum absolute atomic E-state index is 11.3. The minimum absolute atomic E-state index is 0.380. The average molecular weight is 264 g/mol. The molecule has 1 aromatic heterocycles. The summed E-state index contributed by atoms with van der Waals surface area (Å²) in [7, 11) is 0. The third-order valence-corrected chi connectivity index (χ3v) is 2.81. The highest BCUT2D eigenvalue weighted by molar-refractivity contribution is 5.15. The summed E-state index contributed by atoms with van der Waals surface area (Å²) in [5.41, 5.74) is -0.439. The monoisotopic (exact) mass is 264 g/mol. The van der Waals surface area contributed by atoms with Gasteiger partial charge in [-0.3, -0.25) is 9.69 Å². The van der Waals surface area contributed by atoms with Gasteiger partial charge in [0.05, 0.1) is 12.6 Å². The van der Waals surface area contributed by atoms with Gasteiger partial charge in [-0.15, -0.1) is 0 Å². The van der Waals surface area contributed by atoms with Gasteiger partial charge < -0.3 is 9.52 Å². The van der Waals surface area contributed by atoms with Gasteiger partial charge in [0.15, 0.2) is 5.75 Å². The van der Waals surface area contributed by atoms with Crippen molar-refractivity contribution in [3.8, 4) is 11.8 Å². The summed E-state index contributed by atoms with van der Waals surface area (Å²) < 4.78 is 5.18. The minimum atomic E-state index is -0.439. The Morgan fingerprint density at radius 1 is 1.47 bits per heavy atom. The van der Waals surface area contributed by atoms with Crippen LogP contribution in [0.5, 0.6) is 5.75 Å². The van der Waals surface area contributed by atoms with E-state index in [2.05, 4.69) is 24.8 Å². The topological polar surface area (TPSA) is 77.5 Å². The molecule has 0 bridgehead atoms. The molecular weight excluding hydrogens is 244 g/mol. The van der Waals surface area contributed by atoms with Crippen molar-refractivity contribution in [1.29, 1.82) is 5.26 Å². The Morgan fingerprint density at radius 3 is 2.79 bits per heavy atom. The Kier molecular flexibility index (Phi) is 6.10. The highest BCUT2D eigenvalue weighted by Crippen LogP contribution is 2.09. The summed E-state index contributed by atoms with van der Waals surface area (Å²) >= 11 is 0. The quantitative estimate of drug-likeness (QED) is 0.816. The van der Waals surface area contributed by atoms with Crippen LogP contribution in [0.15, 0.2) is 21.5 Å². The molecule has 0 aromatic carbocycles. The summed E-state index contributed by atoms with van der Waals surface area (Å²) in [6.45, 7) is 6.26. The third kappa shape index (κ3) is 5.58. The van der Waals surface area contributed by atoms with E-state index in [0.29, 0.717) is 31.2 Å². The van der Waals surface area contributed by atoms with Gasteiger partial charge >= 0.3 is 0 Å². The van der Waals surface area contributed by atoms with Gasteiger partial charge in [0.25, 0.3) is 0 Å². The van der Waals surface area contributed by atoms with Crippen LogP contribution in [0.4, 0.5) is 0 Å². The molecule has 104 valence electrons. The molecule has 1 heterocycles. The van der Waals surface area contributed by atoms with Crippen LogP contribution in [-0.4, -0.2) is 23.1 Å². The standard InChI is InChI=1S/C14H20N2O3/c1-11(2)4-7-16(6-3-5-15)9-12-8-13(17)14(18)10-19-12/h8,10-11,18H,3-4,6-7,9H2,1-2H3. The molecule has 0 amide bonds. The van der Waals surface area contributed by atoms with Crippen LogP contribution in [-0.2, 0) is 6.54 Å². The van der Waals surface area contributed by atoms with E-state index >= 15 is 0 Å². The van der Waals surface area contributed by atoms with Crippen molar-refractivity contribution in [2.24, 2.45) is 5.92 Å². The lowest BCUT2D eigenvalue weighted by Gasteiger charge is -2.21. The number of nitrogens with zero attached hydrogens (tertiary/aromatic N) is 2. The molecule has 5 nitrogen and oxygen atoms in total. The molecule has 0 spiro atoms. The second-order valence-corrected chi connectivity index (χ2v) is 4.96. The summed E-state index contributed by atoms with van der Waals surface area (Å²) in [6.07, 6.45) is 2.52. The molecule has 0 fully saturated rings. The predicted molar refractivity (Wildman–Crippen MR) is 71.6 cm³/mol. The minimum Gasteiger partial charge on any atom is -0.502 e. The van der Waals surface area contributed by atoms with Crippen LogP contribution < -0.4 is 5.43 Å². The SMILES string of the molecule is CC(C)CCN(CCC#N)Cc1cc(=O)c(O)co1. The number of aromatic hydroxyl groups is 1. The van der Waals surface area contributed by atoms with Crippen molar-refractivity contribution in [2.75, 3.05) is 13.1 Å².